The maximum Gasteiger partial charge on any atom is 0.171 e. The molecular weight excluding hydrogens is 1050 g/mol. The summed E-state index contributed by atoms with van der Waals surface area (Å²) in [5.74, 6) is -1.72. The lowest BCUT2D eigenvalue weighted by atomic mass is 9.65. The third-order valence-corrected chi connectivity index (χ3v) is 17.8. The molecule has 9 heteroatoms. The first-order chi connectivity index (χ1) is 41.3. The van der Waals surface area contributed by atoms with Gasteiger partial charge in [-0.2, -0.15) is 0 Å². The standard InChI is InChI=1S/C75H41F4N3O2/c76-42-32-36-44(37-33-42)80(64-30-12-22-54-52-20-10-26-60(78)71(52)83-73(54)64)66-40-58-68(49-17-3-1-14-46(49)66)69-50-18-4-2-15-47(50)67(81(45-38-34-43(77)35-39-45)65-31-13-23-55-53-21-11-27-61(79)72(53)84-74(55)65)41-59(69)75(58)56-24-6-8-29-63(56)82-62-28-7-5-16-48(62)51-19-9-25-57(75)70(51)82/h1-41H. The van der Waals surface area contributed by atoms with Crippen LogP contribution >= 0.6 is 0 Å². The van der Waals surface area contributed by atoms with Crippen molar-refractivity contribution in [3.63, 3.8) is 0 Å². The third kappa shape index (κ3) is 6.11. The Morgan fingerprint density at radius 2 is 0.714 bits per heavy atom. The molecular formula is C75H41F4N3O2. The van der Waals surface area contributed by atoms with Crippen molar-refractivity contribution in [2.45, 2.75) is 5.41 Å². The highest BCUT2D eigenvalue weighted by atomic mass is 19.1. The number of para-hydroxylation sites is 7. The molecule has 18 rings (SSSR count). The molecule has 0 unspecified atom stereocenters. The molecule has 0 saturated carbocycles. The summed E-state index contributed by atoms with van der Waals surface area (Å²) in [5.41, 5.74) is 13.7. The summed E-state index contributed by atoms with van der Waals surface area (Å²) in [6.45, 7) is 0. The highest BCUT2D eigenvalue weighted by Crippen LogP contribution is 2.66. The van der Waals surface area contributed by atoms with Gasteiger partial charge in [0.1, 0.15) is 11.6 Å². The largest absolute Gasteiger partial charge is 0.451 e. The van der Waals surface area contributed by atoms with E-state index in [4.69, 9.17) is 8.83 Å². The zero-order valence-corrected chi connectivity index (χ0v) is 44.3. The molecule has 16 aromatic rings. The Kier molecular flexibility index (Phi) is 9.52. The molecule has 1 aliphatic carbocycles. The van der Waals surface area contributed by atoms with Crippen LogP contribution in [0.4, 0.5) is 51.7 Å². The fourth-order valence-electron chi connectivity index (χ4n) is 14.5. The normalized spacial score (nSPS) is 13.1. The summed E-state index contributed by atoms with van der Waals surface area (Å²) in [6, 6.07) is 80.2. The SMILES string of the molecule is Fc1ccc(N(c2cc3c(c4ccccc24)-c2c(cc(N(c4ccc(F)cc4)c4cccc5c4oc4c(F)cccc45)c4ccccc24)C32c3ccccc3-n3c4ccccc4c4cccc2c43)c2cccc3c2oc2c(F)cccc23)cc1. The highest BCUT2D eigenvalue weighted by Gasteiger charge is 2.53. The van der Waals surface area contributed by atoms with Crippen molar-refractivity contribution in [2.24, 2.45) is 0 Å². The molecule has 13 aromatic carbocycles. The van der Waals surface area contributed by atoms with Gasteiger partial charge >= 0.3 is 0 Å². The van der Waals surface area contributed by atoms with Crippen molar-refractivity contribution in [3.05, 3.63) is 294 Å². The summed E-state index contributed by atoms with van der Waals surface area (Å²) in [4.78, 5) is 4.26. The first kappa shape index (κ1) is 46.8. The Bertz CT molecular complexity index is 5270. The molecule has 0 N–H and O–H groups in total. The Hall–Kier alpha value is -10.9. The van der Waals surface area contributed by atoms with Crippen molar-refractivity contribution < 1.29 is 26.4 Å². The topological polar surface area (TPSA) is 37.7 Å². The number of rotatable bonds is 6. The first-order valence-electron chi connectivity index (χ1n) is 27.9. The second-order valence-corrected chi connectivity index (χ2v) is 21.9. The van der Waals surface area contributed by atoms with E-state index in [0.717, 1.165) is 105 Å². The maximum absolute atomic E-state index is 15.9. The van der Waals surface area contributed by atoms with Crippen molar-refractivity contribution in [2.75, 3.05) is 9.80 Å². The average molecular weight is 1090 g/mol. The zero-order chi connectivity index (χ0) is 55.7. The summed E-state index contributed by atoms with van der Waals surface area (Å²) in [7, 11) is 0. The smallest absolute Gasteiger partial charge is 0.171 e. The van der Waals surface area contributed by atoms with Crippen LogP contribution in [0.1, 0.15) is 22.3 Å². The van der Waals surface area contributed by atoms with Gasteiger partial charge in [0.05, 0.1) is 44.9 Å². The van der Waals surface area contributed by atoms with Gasteiger partial charge in [-0.3, -0.25) is 0 Å². The van der Waals surface area contributed by atoms with E-state index in [0.29, 0.717) is 44.7 Å². The highest BCUT2D eigenvalue weighted by molar-refractivity contribution is 6.22. The first-order valence-corrected chi connectivity index (χ1v) is 27.9. The van der Waals surface area contributed by atoms with Gasteiger partial charge in [-0.15, -0.1) is 0 Å². The van der Waals surface area contributed by atoms with E-state index in [-0.39, 0.29) is 22.8 Å². The number of anilines is 6. The number of nitrogens with zero attached hydrogens (tertiary/aromatic N) is 3. The molecule has 4 heterocycles. The quantitative estimate of drug-likeness (QED) is 0.156. The van der Waals surface area contributed by atoms with E-state index in [2.05, 4.69) is 130 Å². The minimum atomic E-state index is -1.09. The molecule has 1 aliphatic heterocycles. The van der Waals surface area contributed by atoms with Crippen LogP contribution in [0.5, 0.6) is 0 Å². The molecule has 84 heavy (non-hydrogen) atoms. The summed E-state index contributed by atoms with van der Waals surface area (Å²) in [5, 5.41) is 8.72. The number of halogens is 4. The maximum atomic E-state index is 15.9. The lowest BCUT2D eigenvalue weighted by molar-refractivity contribution is 0.584. The van der Waals surface area contributed by atoms with Gasteiger partial charge in [0.2, 0.25) is 0 Å². The van der Waals surface area contributed by atoms with Gasteiger partial charge in [-0.05, 0) is 141 Å². The zero-order valence-electron chi connectivity index (χ0n) is 44.3. The van der Waals surface area contributed by atoms with Crippen LogP contribution in [0.3, 0.4) is 0 Å². The minimum Gasteiger partial charge on any atom is -0.451 e. The molecule has 1 spiro atoms. The van der Waals surface area contributed by atoms with E-state index in [9.17, 15) is 0 Å². The summed E-state index contributed by atoms with van der Waals surface area (Å²) >= 11 is 0. The number of aromatic nitrogens is 1. The van der Waals surface area contributed by atoms with Crippen LogP contribution < -0.4 is 9.80 Å². The van der Waals surface area contributed by atoms with Crippen LogP contribution in [-0.4, -0.2) is 4.57 Å². The van der Waals surface area contributed by atoms with E-state index >= 15 is 17.6 Å². The lowest BCUT2D eigenvalue weighted by Crippen LogP contribution is -2.34. The summed E-state index contributed by atoms with van der Waals surface area (Å²) < 4.78 is 78.1. The molecule has 2 aliphatic rings. The van der Waals surface area contributed by atoms with Gasteiger partial charge in [-0.25, -0.2) is 17.6 Å². The fourth-order valence-corrected chi connectivity index (χ4v) is 14.5. The predicted molar refractivity (Wildman–Crippen MR) is 330 cm³/mol. The molecule has 0 amide bonds. The monoisotopic (exact) mass is 1090 g/mol. The number of hydrogen-bond acceptors (Lipinski definition) is 4. The molecule has 396 valence electrons. The van der Waals surface area contributed by atoms with Crippen molar-refractivity contribution >= 4 is 121 Å². The molecule has 0 bridgehead atoms. The van der Waals surface area contributed by atoms with E-state index < -0.39 is 17.0 Å². The number of furan rings is 2. The van der Waals surface area contributed by atoms with Gasteiger partial charge in [0, 0.05) is 54.5 Å². The van der Waals surface area contributed by atoms with Crippen molar-refractivity contribution in [3.8, 4) is 16.8 Å². The second-order valence-electron chi connectivity index (χ2n) is 21.9. The molecule has 0 fully saturated rings. The Balaban J connectivity index is 1.03. The Morgan fingerprint density at radius 1 is 0.310 bits per heavy atom. The van der Waals surface area contributed by atoms with Crippen LogP contribution in [0, 0.1) is 23.3 Å². The number of fused-ring (bicyclic) bond motifs is 22. The van der Waals surface area contributed by atoms with Crippen LogP contribution in [0.15, 0.2) is 258 Å². The van der Waals surface area contributed by atoms with Crippen molar-refractivity contribution in [1.82, 2.24) is 4.57 Å². The molecule has 5 nitrogen and oxygen atoms in total. The number of benzene rings is 13. The minimum absolute atomic E-state index is 0.149. The average Bonchev–Trinajstić information content (AvgIpc) is 1.51. The number of hydrogen-bond donors (Lipinski definition) is 0. The third-order valence-electron chi connectivity index (χ3n) is 17.8. The lowest BCUT2D eigenvalue weighted by Gasteiger charge is -2.40. The van der Waals surface area contributed by atoms with Gasteiger partial charge in [0.25, 0.3) is 0 Å². The van der Waals surface area contributed by atoms with Crippen LogP contribution in [0.25, 0.3) is 104 Å². The van der Waals surface area contributed by atoms with Crippen molar-refractivity contribution in [1.29, 1.82) is 0 Å². The molecule has 3 aromatic heterocycles. The van der Waals surface area contributed by atoms with Gasteiger partial charge in [-0.1, -0.05) is 152 Å². The molecule has 0 saturated heterocycles. The van der Waals surface area contributed by atoms with E-state index in [1.54, 1.807) is 36.4 Å². The van der Waals surface area contributed by atoms with Gasteiger partial charge < -0.3 is 23.2 Å². The van der Waals surface area contributed by atoms with Crippen LogP contribution in [-0.2, 0) is 5.41 Å². The van der Waals surface area contributed by atoms with E-state index in [1.807, 2.05) is 60.7 Å². The molecule has 0 atom stereocenters. The van der Waals surface area contributed by atoms with Gasteiger partial charge in [0.15, 0.2) is 34.0 Å². The predicted octanol–water partition coefficient (Wildman–Crippen LogP) is 21.1. The fraction of sp³-hybridized carbons (Fsp3) is 0.0133. The van der Waals surface area contributed by atoms with Crippen LogP contribution in [0.2, 0.25) is 0 Å². The van der Waals surface area contributed by atoms with E-state index in [1.165, 1.54) is 36.4 Å². The molecule has 0 radical (unpaired) electrons. The summed E-state index contributed by atoms with van der Waals surface area (Å²) in [6.07, 6.45) is 0. The Morgan fingerprint density at radius 3 is 1.25 bits per heavy atom. The Labute approximate surface area is 476 Å². The second kappa shape index (κ2) is 17.1.